The maximum atomic E-state index is 11.0. The molecule has 1 rings (SSSR count). The Morgan fingerprint density at radius 2 is 2.11 bits per heavy atom. The summed E-state index contributed by atoms with van der Waals surface area (Å²) >= 11 is 1.37. The lowest BCUT2D eigenvalue weighted by Gasteiger charge is -2.11. The number of nitrogens with two attached hydrogens (primary N) is 1. The molecule has 5 nitrogen and oxygen atoms in total. The van der Waals surface area contributed by atoms with Gasteiger partial charge in [0.15, 0.2) is 0 Å². The number of nitrogen functional groups attached to an aromatic ring is 1. The van der Waals surface area contributed by atoms with E-state index in [-0.39, 0.29) is 11.9 Å². The molecule has 0 atom stereocenters. The van der Waals surface area contributed by atoms with Gasteiger partial charge in [-0.25, -0.2) is 13.4 Å². The van der Waals surface area contributed by atoms with Crippen LogP contribution in [0.5, 0.6) is 5.88 Å². The first kappa shape index (κ1) is 15.1. The second-order valence-corrected chi connectivity index (χ2v) is 7.56. The molecule has 0 saturated carbocycles. The molecule has 1 aromatic heterocycles. The van der Waals surface area contributed by atoms with Crippen molar-refractivity contribution in [3.05, 3.63) is 12.1 Å². The molecule has 0 bridgehead atoms. The van der Waals surface area contributed by atoms with E-state index in [0.717, 1.165) is 0 Å². The van der Waals surface area contributed by atoms with Crippen LogP contribution in [0.4, 0.5) is 5.69 Å². The van der Waals surface area contributed by atoms with E-state index >= 15 is 0 Å². The number of aromatic nitrogens is 1. The SMILES string of the molecule is CC(C)Oc1nc(SCCS(C)(=O)=O)ccc1N. The van der Waals surface area contributed by atoms with Gasteiger partial charge in [0.2, 0.25) is 5.88 Å². The summed E-state index contributed by atoms with van der Waals surface area (Å²) in [4.78, 5) is 4.25. The van der Waals surface area contributed by atoms with Gasteiger partial charge in [-0.2, -0.15) is 0 Å². The van der Waals surface area contributed by atoms with Crippen molar-refractivity contribution in [2.75, 3.05) is 23.5 Å². The normalized spacial score (nSPS) is 11.8. The van der Waals surface area contributed by atoms with Crippen molar-refractivity contribution in [1.82, 2.24) is 4.98 Å². The third-order valence-electron chi connectivity index (χ3n) is 1.92. The van der Waals surface area contributed by atoms with Gasteiger partial charge in [-0.3, -0.25) is 0 Å². The van der Waals surface area contributed by atoms with E-state index in [0.29, 0.717) is 22.3 Å². The predicted molar refractivity (Wildman–Crippen MR) is 74.8 cm³/mol. The summed E-state index contributed by atoms with van der Waals surface area (Å²) in [5.74, 6) is 0.996. The number of ether oxygens (including phenoxy) is 1. The number of nitrogens with zero attached hydrogens (tertiary/aromatic N) is 1. The van der Waals surface area contributed by atoms with E-state index in [2.05, 4.69) is 4.98 Å². The van der Waals surface area contributed by atoms with Crippen LogP contribution in [-0.4, -0.2) is 37.3 Å². The van der Waals surface area contributed by atoms with Crippen LogP contribution in [0.15, 0.2) is 17.2 Å². The zero-order valence-corrected chi connectivity index (χ0v) is 12.3. The molecular weight excluding hydrogens is 272 g/mol. The summed E-state index contributed by atoms with van der Waals surface area (Å²) < 4.78 is 27.5. The zero-order chi connectivity index (χ0) is 13.8. The molecule has 0 amide bonds. The molecule has 18 heavy (non-hydrogen) atoms. The molecule has 0 fully saturated rings. The van der Waals surface area contributed by atoms with E-state index < -0.39 is 9.84 Å². The Morgan fingerprint density at radius 3 is 2.67 bits per heavy atom. The number of rotatable bonds is 6. The monoisotopic (exact) mass is 290 g/mol. The number of thioether (sulfide) groups is 1. The Bertz CT molecular complexity index is 501. The number of sulfone groups is 1. The maximum Gasteiger partial charge on any atom is 0.238 e. The van der Waals surface area contributed by atoms with Crippen LogP contribution in [-0.2, 0) is 9.84 Å². The van der Waals surface area contributed by atoms with Crippen molar-refractivity contribution >= 4 is 27.3 Å². The maximum absolute atomic E-state index is 11.0. The highest BCUT2D eigenvalue weighted by Crippen LogP contribution is 2.25. The van der Waals surface area contributed by atoms with Gasteiger partial charge in [0.05, 0.1) is 17.5 Å². The largest absolute Gasteiger partial charge is 0.473 e. The van der Waals surface area contributed by atoms with Crippen molar-refractivity contribution < 1.29 is 13.2 Å². The minimum absolute atomic E-state index is 0.00364. The lowest BCUT2D eigenvalue weighted by atomic mass is 10.4. The van der Waals surface area contributed by atoms with Gasteiger partial charge in [-0.1, -0.05) is 0 Å². The molecule has 0 aliphatic carbocycles. The van der Waals surface area contributed by atoms with E-state index in [1.54, 1.807) is 12.1 Å². The minimum atomic E-state index is -2.94. The van der Waals surface area contributed by atoms with Crippen LogP contribution in [0.1, 0.15) is 13.8 Å². The molecule has 1 aromatic rings. The zero-order valence-electron chi connectivity index (χ0n) is 10.7. The number of anilines is 1. The molecule has 0 saturated heterocycles. The standard InChI is InChI=1S/C11H18N2O3S2/c1-8(2)16-11-9(12)4-5-10(13-11)17-6-7-18(3,14)15/h4-5,8H,6-7,12H2,1-3H3. The molecule has 1 heterocycles. The quantitative estimate of drug-likeness (QED) is 0.801. The van der Waals surface area contributed by atoms with Gasteiger partial charge in [-0.15, -0.1) is 11.8 Å². The van der Waals surface area contributed by atoms with Gasteiger partial charge in [0.1, 0.15) is 14.9 Å². The van der Waals surface area contributed by atoms with Crippen molar-refractivity contribution in [2.24, 2.45) is 0 Å². The summed E-state index contributed by atoms with van der Waals surface area (Å²) in [7, 11) is -2.94. The number of hydrogen-bond donors (Lipinski definition) is 1. The second kappa shape index (κ2) is 6.29. The summed E-state index contributed by atoms with van der Waals surface area (Å²) in [5.41, 5.74) is 6.23. The van der Waals surface area contributed by atoms with Crippen LogP contribution < -0.4 is 10.5 Å². The average Bonchev–Trinajstić information content (AvgIpc) is 2.20. The van der Waals surface area contributed by atoms with E-state index in [1.807, 2.05) is 13.8 Å². The van der Waals surface area contributed by atoms with Gasteiger partial charge in [0.25, 0.3) is 0 Å². The molecule has 0 aliphatic rings. The summed E-state index contributed by atoms with van der Waals surface area (Å²) in [6.45, 7) is 3.79. The molecule has 0 radical (unpaired) electrons. The van der Waals surface area contributed by atoms with Gasteiger partial charge >= 0.3 is 0 Å². The van der Waals surface area contributed by atoms with Gasteiger partial charge in [0, 0.05) is 12.0 Å². The molecular formula is C11H18N2O3S2. The topological polar surface area (TPSA) is 82.3 Å². The second-order valence-electron chi connectivity index (χ2n) is 4.19. The van der Waals surface area contributed by atoms with Crippen LogP contribution in [0, 0.1) is 0 Å². The molecule has 2 N–H and O–H groups in total. The van der Waals surface area contributed by atoms with Crippen LogP contribution in [0.25, 0.3) is 0 Å². The van der Waals surface area contributed by atoms with Crippen LogP contribution in [0.2, 0.25) is 0 Å². The first-order chi connectivity index (χ1) is 8.28. The fourth-order valence-electron chi connectivity index (χ4n) is 1.13. The minimum Gasteiger partial charge on any atom is -0.473 e. The van der Waals surface area contributed by atoms with Crippen molar-refractivity contribution in [2.45, 2.75) is 25.0 Å². The van der Waals surface area contributed by atoms with E-state index in [9.17, 15) is 8.42 Å². The first-order valence-corrected chi connectivity index (χ1v) is 8.56. The lowest BCUT2D eigenvalue weighted by Crippen LogP contribution is -2.09. The average molecular weight is 290 g/mol. The van der Waals surface area contributed by atoms with Crippen molar-refractivity contribution in [1.29, 1.82) is 0 Å². The molecule has 0 spiro atoms. The molecule has 0 aromatic carbocycles. The Hall–Kier alpha value is -0.950. The van der Waals surface area contributed by atoms with Crippen molar-refractivity contribution in [3.8, 4) is 5.88 Å². The third-order valence-corrected chi connectivity index (χ3v) is 4.05. The van der Waals surface area contributed by atoms with Gasteiger partial charge < -0.3 is 10.5 Å². The molecule has 102 valence electrons. The fraction of sp³-hybridized carbons (Fsp3) is 0.545. The highest BCUT2D eigenvalue weighted by atomic mass is 32.2. The summed E-state index contributed by atoms with van der Waals surface area (Å²) in [6, 6.07) is 3.48. The van der Waals surface area contributed by atoms with E-state index in [4.69, 9.17) is 10.5 Å². The number of hydrogen-bond acceptors (Lipinski definition) is 6. The van der Waals surface area contributed by atoms with Crippen LogP contribution in [0.3, 0.4) is 0 Å². The fourth-order valence-corrected chi connectivity index (χ4v) is 3.20. The Balaban J connectivity index is 2.67. The lowest BCUT2D eigenvalue weighted by molar-refractivity contribution is 0.232. The summed E-state index contributed by atoms with van der Waals surface area (Å²) in [6.07, 6.45) is 1.22. The highest BCUT2D eigenvalue weighted by Gasteiger charge is 2.08. The molecule has 0 aliphatic heterocycles. The first-order valence-electron chi connectivity index (χ1n) is 5.51. The Morgan fingerprint density at radius 1 is 1.44 bits per heavy atom. The third kappa shape index (κ3) is 5.59. The number of pyridine rings is 1. The van der Waals surface area contributed by atoms with Crippen molar-refractivity contribution in [3.63, 3.8) is 0 Å². The summed E-state index contributed by atoms with van der Waals surface area (Å²) in [5, 5.41) is 0.712. The molecule has 7 heteroatoms. The van der Waals surface area contributed by atoms with Crippen LogP contribution >= 0.6 is 11.8 Å². The smallest absolute Gasteiger partial charge is 0.238 e. The van der Waals surface area contributed by atoms with Gasteiger partial charge in [-0.05, 0) is 26.0 Å². The molecule has 0 unspecified atom stereocenters. The predicted octanol–water partition coefficient (Wildman–Crippen LogP) is 1.59. The highest BCUT2D eigenvalue weighted by molar-refractivity contribution is 8.00. The van der Waals surface area contributed by atoms with E-state index in [1.165, 1.54) is 18.0 Å². The Kier molecular flexibility index (Phi) is 5.28. The Labute approximate surface area is 112 Å².